The minimum Gasteiger partial charge on any atom is -0.480 e. The van der Waals surface area contributed by atoms with E-state index in [1.54, 1.807) is 0 Å². The third-order valence-corrected chi connectivity index (χ3v) is 6.54. The molecule has 0 radical (unpaired) electrons. The van der Waals surface area contributed by atoms with Gasteiger partial charge in [-0.3, -0.25) is 14.9 Å². The van der Waals surface area contributed by atoms with Gasteiger partial charge in [-0.15, -0.1) is 0 Å². The number of aliphatic carboxylic acids is 2. The number of carboxylic acids is 2. The molecule has 0 aromatic heterocycles. The van der Waals surface area contributed by atoms with Crippen molar-refractivity contribution in [3.05, 3.63) is 35.9 Å². The van der Waals surface area contributed by atoms with Crippen LogP contribution < -0.4 is 5.32 Å². The second-order valence-electron chi connectivity index (χ2n) is 9.17. The van der Waals surface area contributed by atoms with Gasteiger partial charge >= 0.3 is 17.9 Å². The van der Waals surface area contributed by atoms with Crippen LogP contribution in [0.2, 0.25) is 0 Å². The molecule has 2 aliphatic heterocycles. The lowest BCUT2D eigenvalue weighted by atomic mass is 9.99. The number of esters is 1. The predicted octanol–water partition coefficient (Wildman–Crippen LogP) is -1.52. The van der Waals surface area contributed by atoms with Crippen LogP contribution in [-0.2, 0) is 35.1 Å². The summed E-state index contributed by atoms with van der Waals surface area (Å²) >= 11 is 0. The summed E-state index contributed by atoms with van der Waals surface area (Å²) in [5, 5.41) is 51.4. The van der Waals surface area contributed by atoms with Gasteiger partial charge in [0, 0.05) is 6.54 Å². The number of benzene rings is 1. The molecule has 1 aromatic carbocycles. The fraction of sp³-hybridized carbons (Fsp3) is 0.583. The SMILES string of the molecule is C[C@H](N[C@@H](CCc1ccccc1)C(=O)O)C(=O)N1CCC[C@H]1C(=O)O[C@@H]1O[C@H](C(=O)O)[C@@H](O)[C@H](O)[C@H]1O. The van der Waals surface area contributed by atoms with E-state index in [-0.39, 0.29) is 19.4 Å². The maximum absolute atomic E-state index is 13.1. The molecule has 6 N–H and O–H groups in total. The zero-order valence-corrected chi connectivity index (χ0v) is 20.2. The van der Waals surface area contributed by atoms with Gasteiger partial charge < -0.3 is 39.9 Å². The number of amides is 1. The van der Waals surface area contributed by atoms with Crippen LogP contribution in [0.4, 0.5) is 0 Å². The molecular formula is C24H32N2O11. The predicted molar refractivity (Wildman–Crippen MR) is 124 cm³/mol. The molecule has 2 fully saturated rings. The standard InChI is InChI=1S/C24H32N2O11/c1-12(25-14(21(31)32)10-9-13-6-3-2-4-7-13)20(30)26-11-5-8-15(26)23(35)37-24-18(29)16(27)17(28)19(36-24)22(33)34/h2-4,6-7,12,14-19,24-25,27-29H,5,8-11H2,1H3,(H,31,32)(H,33,34)/t12-,14-,15-,16-,17-,18+,19-,24-/m0/s1. The highest BCUT2D eigenvalue weighted by atomic mass is 16.7. The molecule has 2 saturated heterocycles. The molecule has 0 bridgehead atoms. The highest BCUT2D eigenvalue weighted by Gasteiger charge is 2.49. The van der Waals surface area contributed by atoms with Crippen molar-refractivity contribution in [3.63, 3.8) is 0 Å². The molecule has 2 aliphatic rings. The Bertz CT molecular complexity index is 975. The number of hydrogen-bond donors (Lipinski definition) is 6. The second-order valence-corrected chi connectivity index (χ2v) is 9.17. The first-order chi connectivity index (χ1) is 17.5. The van der Waals surface area contributed by atoms with Crippen molar-refractivity contribution in [2.24, 2.45) is 0 Å². The van der Waals surface area contributed by atoms with E-state index in [9.17, 15) is 39.6 Å². The maximum atomic E-state index is 13.1. The number of carbonyl (C=O) groups is 4. The summed E-state index contributed by atoms with van der Waals surface area (Å²) < 4.78 is 10.1. The van der Waals surface area contributed by atoms with Crippen LogP contribution in [0.5, 0.6) is 0 Å². The van der Waals surface area contributed by atoms with Crippen LogP contribution in [0.15, 0.2) is 30.3 Å². The Kier molecular flexibility index (Phi) is 9.56. The van der Waals surface area contributed by atoms with E-state index in [1.807, 2.05) is 30.3 Å². The van der Waals surface area contributed by atoms with E-state index in [2.05, 4.69) is 5.32 Å². The zero-order valence-electron chi connectivity index (χ0n) is 20.2. The van der Waals surface area contributed by atoms with Crippen molar-refractivity contribution >= 4 is 23.8 Å². The van der Waals surface area contributed by atoms with Crippen LogP contribution in [0.25, 0.3) is 0 Å². The maximum Gasteiger partial charge on any atom is 0.335 e. The number of rotatable bonds is 10. The van der Waals surface area contributed by atoms with Crippen molar-refractivity contribution in [3.8, 4) is 0 Å². The first-order valence-corrected chi connectivity index (χ1v) is 12.0. The molecule has 13 nitrogen and oxygen atoms in total. The molecule has 0 aliphatic carbocycles. The van der Waals surface area contributed by atoms with E-state index in [0.717, 1.165) is 5.56 Å². The van der Waals surface area contributed by atoms with Gasteiger partial charge in [0.2, 0.25) is 12.2 Å². The molecule has 2 heterocycles. The van der Waals surface area contributed by atoms with Gasteiger partial charge in [-0.2, -0.15) is 0 Å². The van der Waals surface area contributed by atoms with Crippen LogP contribution in [-0.4, -0.2) is 110 Å². The summed E-state index contributed by atoms with van der Waals surface area (Å²) in [5.74, 6) is -4.27. The van der Waals surface area contributed by atoms with Gasteiger partial charge in [-0.25, -0.2) is 9.59 Å². The van der Waals surface area contributed by atoms with Crippen LogP contribution in [0, 0.1) is 0 Å². The van der Waals surface area contributed by atoms with Gasteiger partial charge in [-0.1, -0.05) is 30.3 Å². The van der Waals surface area contributed by atoms with E-state index >= 15 is 0 Å². The third kappa shape index (κ3) is 6.81. The number of carbonyl (C=O) groups excluding carboxylic acids is 2. The Morgan fingerprint density at radius 3 is 2.38 bits per heavy atom. The molecule has 1 aromatic rings. The number of nitrogens with zero attached hydrogens (tertiary/aromatic N) is 1. The van der Waals surface area contributed by atoms with Crippen molar-refractivity contribution in [1.82, 2.24) is 10.2 Å². The summed E-state index contributed by atoms with van der Waals surface area (Å²) in [6.07, 6.45) is -8.25. The fourth-order valence-electron chi connectivity index (χ4n) is 4.47. The Morgan fingerprint density at radius 2 is 1.76 bits per heavy atom. The number of carboxylic acid groups (broad SMARTS) is 2. The molecular weight excluding hydrogens is 492 g/mol. The quantitative estimate of drug-likeness (QED) is 0.193. The minimum absolute atomic E-state index is 0.194. The lowest BCUT2D eigenvalue weighted by Gasteiger charge is -2.38. The Labute approximate surface area is 212 Å². The summed E-state index contributed by atoms with van der Waals surface area (Å²) in [7, 11) is 0. The lowest BCUT2D eigenvalue weighted by molar-refractivity contribution is -0.287. The van der Waals surface area contributed by atoms with Gasteiger partial charge in [-0.05, 0) is 38.2 Å². The molecule has 13 heteroatoms. The van der Waals surface area contributed by atoms with Gasteiger partial charge in [0.25, 0.3) is 0 Å². The van der Waals surface area contributed by atoms with Gasteiger partial charge in [0.15, 0.2) is 6.10 Å². The van der Waals surface area contributed by atoms with Crippen molar-refractivity contribution in [1.29, 1.82) is 0 Å². The van der Waals surface area contributed by atoms with E-state index in [0.29, 0.717) is 12.8 Å². The molecule has 0 saturated carbocycles. The first-order valence-electron chi connectivity index (χ1n) is 12.0. The highest BCUT2D eigenvalue weighted by Crippen LogP contribution is 2.25. The highest BCUT2D eigenvalue weighted by molar-refractivity contribution is 5.88. The number of nitrogens with one attached hydrogen (secondary N) is 1. The Hall–Kier alpha value is -3.10. The normalized spacial score (nSPS) is 29.4. The molecule has 0 unspecified atom stereocenters. The molecule has 3 rings (SSSR count). The average Bonchev–Trinajstić information content (AvgIpc) is 3.36. The number of aliphatic hydroxyl groups excluding tert-OH is 3. The lowest BCUT2D eigenvalue weighted by Crippen LogP contribution is -2.61. The molecule has 1 amide bonds. The summed E-state index contributed by atoms with van der Waals surface area (Å²) in [6.45, 7) is 1.68. The average molecular weight is 525 g/mol. The van der Waals surface area contributed by atoms with E-state index < -0.39 is 72.6 Å². The fourth-order valence-corrected chi connectivity index (χ4v) is 4.47. The molecule has 8 atom stereocenters. The monoisotopic (exact) mass is 524 g/mol. The smallest absolute Gasteiger partial charge is 0.335 e. The number of ether oxygens (including phenoxy) is 2. The number of aryl methyl sites for hydroxylation is 1. The largest absolute Gasteiger partial charge is 0.480 e. The molecule has 0 spiro atoms. The summed E-state index contributed by atoms with van der Waals surface area (Å²) in [5.41, 5.74) is 0.951. The molecule has 204 valence electrons. The van der Waals surface area contributed by atoms with Crippen LogP contribution in [0.3, 0.4) is 0 Å². The minimum atomic E-state index is -1.94. The van der Waals surface area contributed by atoms with Crippen molar-refractivity contribution < 1.29 is 54.2 Å². The zero-order chi connectivity index (χ0) is 27.3. The van der Waals surface area contributed by atoms with Crippen molar-refractivity contribution in [2.75, 3.05) is 6.54 Å². The third-order valence-electron chi connectivity index (χ3n) is 6.54. The van der Waals surface area contributed by atoms with Crippen LogP contribution in [0.1, 0.15) is 31.7 Å². The van der Waals surface area contributed by atoms with Crippen molar-refractivity contribution in [2.45, 2.75) is 81.4 Å². The number of aliphatic hydroxyl groups is 3. The summed E-state index contributed by atoms with van der Waals surface area (Å²) in [4.78, 5) is 50.2. The first kappa shape index (κ1) is 28.5. The van der Waals surface area contributed by atoms with E-state index in [4.69, 9.17) is 14.6 Å². The Balaban J connectivity index is 1.61. The number of likely N-dealkylation sites (tertiary alicyclic amines) is 1. The topological polar surface area (TPSA) is 203 Å². The number of hydrogen-bond acceptors (Lipinski definition) is 10. The Morgan fingerprint density at radius 1 is 1.08 bits per heavy atom. The van der Waals surface area contributed by atoms with E-state index in [1.165, 1.54) is 11.8 Å². The van der Waals surface area contributed by atoms with Gasteiger partial charge in [0.05, 0.1) is 6.04 Å². The second kappa shape index (κ2) is 12.4. The van der Waals surface area contributed by atoms with Gasteiger partial charge in [0.1, 0.15) is 30.4 Å². The molecule has 37 heavy (non-hydrogen) atoms. The van der Waals surface area contributed by atoms with Crippen LogP contribution >= 0.6 is 0 Å². The summed E-state index contributed by atoms with van der Waals surface area (Å²) in [6, 6.07) is 6.24.